The van der Waals surface area contributed by atoms with Crippen molar-refractivity contribution >= 4 is 6.09 Å². The predicted octanol–water partition coefficient (Wildman–Crippen LogP) is 12.5. The van der Waals surface area contributed by atoms with Crippen LogP contribution in [-0.4, -0.2) is 36.6 Å². The van der Waals surface area contributed by atoms with Crippen LogP contribution >= 0.6 is 0 Å². The average Bonchev–Trinajstić information content (AvgIpc) is 3.58. The Balaban J connectivity index is 1.15. The summed E-state index contributed by atoms with van der Waals surface area (Å²) in [5.41, 5.74) is 6.47. The van der Waals surface area contributed by atoms with Crippen LogP contribution < -0.4 is 5.32 Å². The fourth-order valence-corrected chi connectivity index (χ4v) is 8.30. The predicted molar refractivity (Wildman–Crippen MR) is 233 cm³/mol. The lowest BCUT2D eigenvalue weighted by molar-refractivity contribution is -0.0167. The van der Waals surface area contributed by atoms with E-state index < -0.39 is 23.8 Å². The topological polar surface area (TPSA) is 67.8 Å². The lowest BCUT2D eigenvalue weighted by Crippen LogP contribution is -2.48. The number of unbranched alkanes of at least 4 members (excludes halogenated alkanes) is 11. The number of carbonyl (C=O) groups is 1. The first-order valence-electron chi connectivity index (χ1n) is 21.4. The van der Waals surface area contributed by atoms with Crippen molar-refractivity contribution in [3.63, 3.8) is 0 Å². The van der Waals surface area contributed by atoms with Gasteiger partial charge in [0.25, 0.3) is 0 Å². The van der Waals surface area contributed by atoms with Crippen LogP contribution in [0, 0.1) is 0 Å². The lowest BCUT2D eigenvalue weighted by Gasteiger charge is -2.37. The zero-order valence-corrected chi connectivity index (χ0v) is 33.7. The van der Waals surface area contributed by atoms with Gasteiger partial charge in [-0.2, -0.15) is 0 Å². The van der Waals surface area contributed by atoms with Crippen LogP contribution in [0.2, 0.25) is 0 Å². The number of fused-ring (bicyclic) bond motifs is 3. The molecular weight excluding hydrogens is 703 g/mol. The van der Waals surface area contributed by atoms with Gasteiger partial charge in [0.1, 0.15) is 12.2 Å². The first-order chi connectivity index (χ1) is 28.1. The van der Waals surface area contributed by atoms with Gasteiger partial charge in [0.05, 0.1) is 18.8 Å². The smallest absolute Gasteiger partial charge is 0.407 e. The zero-order valence-electron chi connectivity index (χ0n) is 33.7. The number of aliphatic hydroxyl groups is 1. The van der Waals surface area contributed by atoms with Crippen molar-refractivity contribution in [3.05, 3.63) is 179 Å². The molecule has 5 aromatic rings. The molecule has 5 aromatic carbocycles. The van der Waals surface area contributed by atoms with Gasteiger partial charge in [0.2, 0.25) is 0 Å². The van der Waals surface area contributed by atoms with Crippen molar-refractivity contribution < 1.29 is 19.4 Å². The second kappa shape index (κ2) is 22.1. The van der Waals surface area contributed by atoms with Crippen molar-refractivity contribution in [2.45, 2.75) is 108 Å². The van der Waals surface area contributed by atoms with Gasteiger partial charge in [-0.05, 0) is 51.8 Å². The van der Waals surface area contributed by atoms with E-state index in [1.165, 1.54) is 75.3 Å². The van der Waals surface area contributed by atoms with Gasteiger partial charge in [-0.3, -0.25) is 0 Å². The van der Waals surface area contributed by atoms with Crippen molar-refractivity contribution in [2.24, 2.45) is 0 Å². The second-order valence-electron chi connectivity index (χ2n) is 15.4. The molecule has 0 spiro atoms. The number of nitrogens with one attached hydrogen (secondary N) is 1. The van der Waals surface area contributed by atoms with E-state index in [9.17, 15) is 9.90 Å². The molecule has 2 atom stereocenters. The van der Waals surface area contributed by atoms with Gasteiger partial charge in [-0.1, -0.05) is 223 Å². The highest BCUT2D eigenvalue weighted by atomic mass is 16.6. The fourth-order valence-electron chi connectivity index (χ4n) is 8.30. The van der Waals surface area contributed by atoms with E-state index in [1.54, 1.807) is 0 Å². The summed E-state index contributed by atoms with van der Waals surface area (Å²) in [6.07, 6.45) is 17.3. The number of rotatable bonds is 23. The van der Waals surface area contributed by atoms with E-state index >= 15 is 0 Å². The lowest BCUT2D eigenvalue weighted by atomic mass is 9.80. The maximum absolute atomic E-state index is 13.7. The van der Waals surface area contributed by atoms with Crippen LogP contribution in [0.5, 0.6) is 0 Å². The van der Waals surface area contributed by atoms with Crippen LogP contribution in [0.25, 0.3) is 11.1 Å². The summed E-state index contributed by atoms with van der Waals surface area (Å²) >= 11 is 0. The van der Waals surface area contributed by atoms with Crippen LogP contribution in [0.3, 0.4) is 0 Å². The molecule has 0 heterocycles. The summed E-state index contributed by atoms with van der Waals surface area (Å²) in [5, 5.41) is 14.8. The van der Waals surface area contributed by atoms with E-state index in [-0.39, 0.29) is 19.1 Å². The molecule has 0 saturated heterocycles. The molecule has 1 aliphatic rings. The Labute approximate surface area is 341 Å². The number of carbonyl (C=O) groups excluding carboxylic acids is 1. The SMILES string of the molecule is CCCCCCCCCCCCCC=CC(O)C(COC(c1ccccc1)(c1ccccc1)c1ccccc1)NC(=O)OCC1c2ccccc2-c2ccccc21. The maximum Gasteiger partial charge on any atom is 0.407 e. The average molecular weight is 764 g/mol. The number of aliphatic hydroxyl groups excluding tert-OH is 1. The van der Waals surface area contributed by atoms with Crippen molar-refractivity contribution in [2.75, 3.05) is 13.2 Å². The quantitative estimate of drug-likeness (QED) is 0.0395. The fraction of sp³-hybridized carbons (Fsp3) is 0.365. The van der Waals surface area contributed by atoms with Gasteiger partial charge in [0.15, 0.2) is 0 Å². The summed E-state index contributed by atoms with van der Waals surface area (Å²) in [6, 6.07) is 46.3. The highest BCUT2D eigenvalue weighted by molar-refractivity contribution is 5.79. The summed E-state index contributed by atoms with van der Waals surface area (Å²) < 4.78 is 13.1. The molecule has 2 unspecified atom stereocenters. The van der Waals surface area contributed by atoms with Crippen molar-refractivity contribution in [1.29, 1.82) is 0 Å². The summed E-state index contributed by atoms with van der Waals surface area (Å²) in [6.45, 7) is 2.47. The molecule has 0 aliphatic heterocycles. The van der Waals surface area contributed by atoms with Crippen molar-refractivity contribution in [3.8, 4) is 11.1 Å². The number of benzene rings is 5. The Morgan fingerprint density at radius 1 is 0.632 bits per heavy atom. The molecule has 0 aromatic heterocycles. The summed E-state index contributed by atoms with van der Waals surface area (Å²) in [5.74, 6) is -0.0737. The molecule has 0 radical (unpaired) electrons. The number of ether oxygens (including phenoxy) is 2. The number of hydrogen-bond acceptors (Lipinski definition) is 4. The number of amides is 1. The maximum atomic E-state index is 13.7. The van der Waals surface area contributed by atoms with Crippen LogP contribution in [0.15, 0.2) is 152 Å². The zero-order chi connectivity index (χ0) is 39.5. The van der Waals surface area contributed by atoms with Crippen LogP contribution in [-0.2, 0) is 15.1 Å². The van der Waals surface area contributed by atoms with Gasteiger partial charge >= 0.3 is 6.09 Å². The molecule has 1 aliphatic carbocycles. The molecule has 0 fully saturated rings. The minimum atomic E-state index is -1.01. The molecule has 6 rings (SSSR count). The summed E-state index contributed by atoms with van der Waals surface area (Å²) in [4.78, 5) is 13.7. The first-order valence-corrected chi connectivity index (χ1v) is 21.4. The molecule has 0 bridgehead atoms. The Morgan fingerprint density at radius 3 is 1.56 bits per heavy atom. The molecule has 298 valence electrons. The number of alkyl carbamates (subject to hydrolysis) is 1. The molecule has 1 amide bonds. The van der Waals surface area contributed by atoms with Crippen LogP contribution in [0.4, 0.5) is 4.79 Å². The van der Waals surface area contributed by atoms with E-state index in [0.29, 0.717) is 0 Å². The highest BCUT2D eigenvalue weighted by Gasteiger charge is 2.39. The molecule has 57 heavy (non-hydrogen) atoms. The number of allylic oxidation sites excluding steroid dienone is 1. The molecular formula is C52H61NO4. The van der Waals surface area contributed by atoms with Gasteiger partial charge in [0, 0.05) is 5.92 Å². The Kier molecular flexibility index (Phi) is 16.1. The normalized spacial score (nSPS) is 13.6. The monoisotopic (exact) mass is 763 g/mol. The first kappa shape index (κ1) is 41.7. The van der Waals surface area contributed by atoms with E-state index in [4.69, 9.17) is 9.47 Å². The highest BCUT2D eigenvalue weighted by Crippen LogP contribution is 2.45. The second-order valence-corrected chi connectivity index (χ2v) is 15.4. The number of hydrogen-bond donors (Lipinski definition) is 2. The van der Waals surface area contributed by atoms with E-state index in [1.807, 2.05) is 91.0 Å². The largest absolute Gasteiger partial charge is 0.449 e. The Bertz CT molecular complexity index is 1800. The van der Waals surface area contributed by atoms with Gasteiger partial charge < -0.3 is 19.9 Å². The Morgan fingerprint density at radius 2 is 1.07 bits per heavy atom. The molecule has 2 N–H and O–H groups in total. The third kappa shape index (κ3) is 11.1. The minimum absolute atomic E-state index is 0.0207. The standard InChI is InChI=1S/C52H61NO4/c1-2-3-4-5-6-7-8-9-10-11-12-13-23-38-50(54)49(53-51(55)56-39-48-46-36-26-24-34-44(46)45-35-25-27-37-47(45)48)40-57-52(41-28-17-14-18-29-41,42-30-19-15-20-31-42)43-32-21-16-22-33-43/h14-38,48-50,54H,2-13,39-40H2,1H3,(H,53,55). The molecule has 0 saturated carbocycles. The third-order valence-electron chi connectivity index (χ3n) is 11.4. The Hall–Kier alpha value is -4.97. The third-order valence-corrected chi connectivity index (χ3v) is 11.4. The van der Waals surface area contributed by atoms with Crippen LogP contribution in [0.1, 0.15) is 118 Å². The van der Waals surface area contributed by atoms with E-state index in [2.05, 4.69) is 72.9 Å². The molecule has 5 heteroatoms. The van der Waals surface area contributed by atoms with Gasteiger partial charge in [-0.15, -0.1) is 0 Å². The minimum Gasteiger partial charge on any atom is -0.449 e. The van der Waals surface area contributed by atoms with Crippen molar-refractivity contribution in [1.82, 2.24) is 5.32 Å². The van der Waals surface area contributed by atoms with Gasteiger partial charge in [-0.25, -0.2) is 4.79 Å². The van der Waals surface area contributed by atoms with E-state index in [0.717, 1.165) is 40.7 Å². The molecule has 5 nitrogen and oxygen atoms in total. The summed E-state index contributed by atoms with van der Waals surface area (Å²) in [7, 11) is 0.